The third-order valence-electron chi connectivity index (χ3n) is 4.47. The van der Waals surface area contributed by atoms with Crippen LogP contribution in [0.2, 0.25) is 0 Å². The van der Waals surface area contributed by atoms with Gasteiger partial charge in [-0.1, -0.05) is 31.5 Å². The molecule has 8 heteroatoms. The molecule has 7 nitrogen and oxygen atoms in total. The maximum atomic E-state index is 13.0. The zero-order chi connectivity index (χ0) is 22.1. The fourth-order valence-corrected chi connectivity index (χ4v) is 4.49. The van der Waals surface area contributed by atoms with E-state index in [1.54, 1.807) is 31.2 Å². The van der Waals surface area contributed by atoms with Crippen molar-refractivity contribution in [2.75, 3.05) is 17.5 Å². The minimum Gasteiger partial charge on any atom is -0.452 e. The lowest BCUT2D eigenvalue weighted by molar-refractivity contribution is -0.124. The molecular weight excluding hydrogens is 404 g/mol. The number of ether oxygens (including phenoxy) is 1. The Morgan fingerprint density at radius 1 is 1.03 bits per heavy atom. The summed E-state index contributed by atoms with van der Waals surface area (Å²) in [5.74, 6) is -1.06. The van der Waals surface area contributed by atoms with Crippen molar-refractivity contribution in [1.82, 2.24) is 5.32 Å². The number of hydrogen-bond donors (Lipinski definition) is 1. The fourth-order valence-electron chi connectivity index (χ4n) is 3.01. The molecule has 0 aliphatic carbocycles. The van der Waals surface area contributed by atoms with Crippen LogP contribution in [-0.4, -0.2) is 39.5 Å². The van der Waals surface area contributed by atoms with Gasteiger partial charge in [-0.15, -0.1) is 0 Å². The third-order valence-corrected chi connectivity index (χ3v) is 6.39. The largest absolute Gasteiger partial charge is 0.452 e. The Balaban J connectivity index is 2.04. The molecule has 0 fully saturated rings. The van der Waals surface area contributed by atoms with E-state index in [2.05, 4.69) is 5.32 Å². The highest BCUT2D eigenvalue weighted by atomic mass is 32.2. The highest BCUT2D eigenvalue weighted by Gasteiger charge is 2.24. The molecule has 0 bridgehead atoms. The van der Waals surface area contributed by atoms with Crippen LogP contribution in [0.4, 0.5) is 5.69 Å². The molecule has 0 heterocycles. The fraction of sp³-hybridized carbons (Fsp3) is 0.364. The van der Waals surface area contributed by atoms with Gasteiger partial charge >= 0.3 is 5.97 Å². The summed E-state index contributed by atoms with van der Waals surface area (Å²) in [6.45, 7) is 5.54. The standard InChI is InChI=1S/C22H28N2O5S/c1-4-9-17(3)23-21(25)16-29-22(26)18-12-14-20(15-13-18)30(27,28)24(5-2)19-10-7-6-8-11-19/h6-8,10-15,17H,4-5,9,16H2,1-3H3,(H,23,25)/t17-/m0/s1. The van der Waals surface area contributed by atoms with Crippen molar-refractivity contribution in [2.45, 2.75) is 44.6 Å². The molecule has 2 rings (SSSR count). The number of hydrogen-bond acceptors (Lipinski definition) is 5. The minimum absolute atomic E-state index is 0.0109. The first-order chi connectivity index (χ1) is 14.3. The molecule has 0 aliphatic rings. The third kappa shape index (κ3) is 6.06. The van der Waals surface area contributed by atoms with E-state index in [-0.39, 0.29) is 35.6 Å². The molecule has 0 saturated heterocycles. The Labute approximate surface area is 178 Å². The van der Waals surface area contributed by atoms with E-state index in [1.165, 1.54) is 28.6 Å². The van der Waals surface area contributed by atoms with Gasteiger partial charge in [0.2, 0.25) is 0 Å². The molecule has 0 saturated carbocycles. The zero-order valence-corrected chi connectivity index (χ0v) is 18.3. The molecule has 0 radical (unpaired) electrons. The second-order valence-electron chi connectivity index (χ2n) is 6.86. The van der Waals surface area contributed by atoms with Gasteiger partial charge < -0.3 is 10.1 Å². The summed E-state index contributed by atoms with van der Waals surface area (Å²) in [5, 5.41) is 2.75. The summed E-state index contributed by atoms with van der Waals surface area (Å²) in [4.78, 5) is 24.1. The average Bonchev–Trinajstić information content (AvgIpc) is 2.73. The first kappa shape index (κ1) is 23.4. The second kappa shape index (κ2) is 10.8. The van der Waals surface area contributed by atoms with Crippen molar-refractivity contribution in [3.05, 3.63) is 60.2 Å². The molecule has 2 aromatic carbocycles. The average molecular weight is 433 g/mol. The van der Waals surface area contributed by atoms with Crippen molar-refractivity contribution in [3.8, 4) is 0 Å². The van der Waals surface area contributed by atoms with Crippen LogP contribution in [-0.2, 0) is 19.6 Å². The molecule has 0 spiro atoms. The van der Waals surface area contributed by atoms with Crippen molar-refractivity contribution >= 4 is 27.6 Å². The lowest BCUT2D eigenvalue weighted by Gasteiger charge is -2.22. The zero-order valence-electron chi connectivity index (χ0n) is 17.5. The Kier molecular flexibility index (Phi) is 8.41. The van der Waals surface area contributed by atoms with Crippen molar-refractivity contribution in [3.63, 3.8) is 0 Å². The first-order valence-corrected chi connectivity index (χ1v) is 11.4. The highest BCUT2D eigenvalue weighted by molar-refractivity contribution is 7.92. The normalized spacial score (nSPS) is 12.1. The van der Waals surface area contributed by atoms with Gasteiger partial charge in [-0.05, 0) is 56.7 Å². The van der Waals surface area contributed by atoms with Crippen LogP contribution in [0.3, 0.4) is 0 Å². The number of carbonyl (C=O) groups excluding carboxylic acids is 2. The summed E-state index contributed by atoms with van der Waals surface area (Å²) in [5.41, 5.74) is 0.734. The number of carbonyl (C=O) groups is 2. The van der Waals surface area contributed by atoms with Crippen LogP contribution in [0.15, 0.2) is 59.5 Å². The summed E-state index contributed by atoms with van der Waals surface area (Å²) in [6, 6.07) is 14.3. The lowest BCUT2D eigenvalue weighted by atomic mass is 10.2. The van der Waals surface area contributed by atoms with E-state index < -0.39 is 16.0 Å². The van der Waals surface area contributed by atoms with Crippen LogP contribution >= 0.6 is 0 Å². The van der Waals surface area contributed by atoms with Crippen LogP contribution in [0.1, 0.15) is 44.0 Å². The van der Waals surface area contributed by atoms with Crippen molar-refractivity contribution in [2.24, 2.45) is 0 Å². The summed E-state index contributed by atoms with van der Waals surface area (Å²) >= 11 is 0. The van der Waals surface area contributed by atoms with Gasteiger partial charge in [0.1, 0.15) is 0 Å². The molecular formula is C22H28N2O5S. The van der Waals surface area contributed by atoms with E-state index in [0.29, 0.717) is 5.69 Å². The topological polar surface area (TPSA) is 92.8 Å². The van der Waals surface area contributed by atoms with Gasteiger partial charge in [-0.2, -0.15) is 0 Å². The quantitative estimate of drug-likeness (QED) is 0.581. The van der Waals surface area contributed by atoms with Gasteiger partial charge in [-0.25, -0.2) is 13.2 Å². The number of para-hydroxylation sites is 1. The number of anilines is 1. The number of esters is 1. The van der Waals surface area contributed by atoms with Gasteiger partial charge in [-0.3, -0.25) is 9.10 Å². The molecule has 1 atom stereocenters. The first-order valence-electron chi connectivity index (χ1n) is 9.94. The summed E-state index contributed by atoms with van der Waals surface area (Å²) < 4.78 is 32.3. The van der Waals surface area contributed by atoms with Crippen LogP contribution in [0, 0.1) is 0 Å². The molecule has 1 amide bonds. The van der Waals surface area contributed by atoms with Crippen molar-refractivity contribution in [1.29, 1.82) is 0 Å². The summed E-state index contributed by atoms with van der Waals surface area (Å²) in [7, 11) is -3.77. The van der Waals surface area contributed by atoms with E-state index in [9.17, 15) is 18.0 Å². The van der Waals surface area contributed by atoms with Gasteiger partial charge in [0, 0.05) is 12.6 Å². The molecule has 162 valence electrons. The number of benzene rings is 2. The van der Waals surface area contributed by atoms with Gasteiger partial charge in [0.15, 0.2) is 6.61 Å². The minimum atomic E-state index is -3.77. The Morgan fingerprint density at radius 2 is 1.67 bits per heavy atom. The lowest BCUT2D eigenvalue weighted by Crippen LogP contribution is -2.35. The predicted molar refractivity (Wildman–Crippen MR) is 116 cm³/mol. The maximum absolute atomic E-state index is 13.0. The summed E-state index contributed by atoms with van der Waals surface area (Å²) in [6.07, 6.45) is 1.78. The molecule has 30 heavy (non-hydrogen) atoms. The molecule has 0 unspecified atom stereocenters. The number of sulfonamides is 1. The van der Waals surface area contributed by atoms with Crippen molar-refractivity contribution < 1.29 is 22.7 Å². The SMILES string of the molecule is CCC[C@H](C)NC(=O)COC(=O)c1ccc(S(=O)(=O)N(CC)c2ccccc2)cc1. The maximum Gasteiger partial charge on any atom is 0.338 e. The van der Waals surface area contributed by atoms with Crippen LogP contribution < -0.4 is 9.62 Å². The van der Waals surface area contributed by atoms with E-state index >= 15 is 0 Å². The Hall–Kier alpha value is -2.87. The molecule has 0 aromatic heterocycles. The number of nitrogens with zero attached hydrogens (tertiary/aromatic N) is 1. The predicted octanol–water partition coefficient (Wildman–Crippen LogP) is 3.36. The van der Waals surface area contributed by atoms with Crippen LogP contribution in [0.5, 0.6) is 0 Å². The number of amides is 1. The Bertz CT molecular complexity index is 943. The van der Waals surface area contributed by atoms with Gasteiger partial charge in [0.05, 0.1) is 16.1 Å². The second-order valence-corrected chi connectivity index (χ2v) is 8.73. The smallest absolute Gasteiger partial charge is 0.338 e. The number of nitrogens with one attached hydrogen (secondary N) is 1. The van der Waals surface area contributed by atoms with Gasteiger partial charge in [0.25, 0.3) is 15.9 Å². The number of rotatable bonds is 10. The molecule has 2 aromatic rings. The molecule has 1 N–H and O–H groups in total. The molecule has 0 aliphatic heterocycles. The van der Waals surface area contributed by atoms with E-state index in [0.717, 1.165) is 12.8 Å². The monoisotopic (exact) mass is 432 g/mol. The van der Waals surface area contributed by atoms with Crippen LogP contribution in [0.25, 0.3) is 0 Å². The highest BCUT2D eigenvalue weighted by Crippen LogP contribution is 2.23. The van der Waals surface area contributed by atoms with E-state index in [1.807, 2.05) is 19.9 Å². The van der Waals surface area contributed by atoms with E-state index in [4.69, 9.17) is 4.74 Å². The Morgan fingerprint density at radius 3 is 2.23 bits per heavy atom.